The van der Waals surface area contributed by atoms with Crippen LogP contribution in [0.3, 0.4) is 0 Å². The summed E-state index contributed by atoms with van der Waals surface area (Å²) in [7, 11) is -1.43. The molecule has 1 unspecified atom stereocenters. The topological polar surface area (TPSA) is 0 Å². The minimum Gasteiger partial charge on any atom is -0.166 e. The van der Waals surface area contributed by atoms with Crippen molar-refractivity contribution in [2.45, 2.75) is 42.7 Å². The van der Waals surface area contributed by atoms with E-state index in [9.17, 15) is 13.2 Å². The van der Waals surface area contributed by atoms with Crippen molar-refractivity contribution >= 4 is 29.1 Å². The summed E-state index contributed by atoms with van der Waals surface area (Å²) in [6, 6.07) is 70.7. The van der Waals surface area contributed by atoms with Crippen molar-refractivity contribution in [3.63, 3.8) is 0 Å². The Morgan fingerprint density at radius 1 is 0.369 bits per heavy atom. The average molecular weight is 883 g/mol. The van der Waals surface area contributed by atoms with E-state index in [1.165, 1.54) is 95.6 Å². The van der Waals surface area contributed by atoms with E-state index in [2.05, 4.69) is 182 Å². The Morgan fingerprint density at radius 2 is 0.723 bits per heavy atom. The average Bonchev–Trinajstić information content (AvgIpc) is 4.02. The number of aryl methyl sites for hydroxylation is 1. The van der Waals surface area contributed by atoms with E-state index >= 15 is 0 Å². The second kappa shape index (κ2) is 14.8. The quantitative estimate of drug-likeness (QED) is 0.159. The van der Waals surface area contributed by atoms with Crippen molar-refractivity contribution < 1.29 is 13.2 Å². The first-order valence-corrected chi connectivity index (χ1v) is 25.1. The van der Waals surface area contributed by atoms with Gasteiger partial charge in [-0.2, -0.15) is 13.2 Å². The molecule has 0 aromatic heterocycles. The van der Waals surface area contributed by atoms with Crippen LogP contribution in [0.15, 0.2) is 205 Å². The molecule has 4 aliphatic rings. The summed E-state index contributed by atoms with van der Waals surface area (Å²) in [6.07, 6.45) is -4.48. The zero-order valence-electron chi connectivity index (χ0n) is 36.0. The molecular weight excluding hydrogens is 841 g/mol. The summed E-state index contributed by atoms with van der Waals surface area (Å²) in [5.41, 5.74) is 18.4. The molecule has 0 N–H and O–H groups in total. The molecule has 1 atom stereocenters. The Labute approximate surface area is 383 Å². The van der Waals surface area contributed by atoms with Gasteiger partial charge in [0.15, 0.2) is 0 Å². The molecule has 0 bridgehead atoms. The van der Waals surface area contributed by atoms with Crippen molar-refractivity contribution in [3.8, 4) is 44.5 Å². The number of halogens is 3. The lowest BCUT2D eigenvalue weighted by molar-refractivity contribution is -0.137. The molecule has 0 saturated heterocycles. The van der Waals surface area contributed by atoms with E-state index < -0.39 is 29.7 Å². The fourth-order valence-corrected chi connectivity index (χ4v) is 16.1. The minimum absolute atomic E-state index is 0.528. The second-order valence-corrected chi connectivity index (χ2v) is 21.1. The van der Waals surface area contributed by atoms with Gasteiger partial charge >= 0.3 is 6.18 Å². The Kier molecular flexibility index (Phi) is 9.12. The fraction of sp³-hybridized carbons (Fsp3) is 0.100. The SMILES string of the molecule is CC.Cc1cc(P(Sc2ccc3c(c2)C2(c4ccccc4-c4ccccc42)c2ccccc2-3)c2ccc3c(c2)C2(c4ccccc4-c4ccccc42)c2ccccc2-3)cc(C(F)(F)F)c1. The largest absolute Gasteiger partial charge is 0.416 e. The van der Waals surface area contributed by atoms with Crippen molar-refractivity contribution in [2.75, 3.05) is 0 Å². The molecule has 9 aromatic carbocycles. The molecule has 0 saturated carbocycles. The molecule has 0 nitrogen and oxygen atoms in total. The highest BCUT2D eigenvalue weighted by atomic mass is 32.7. The van der Waals surface area contributed by atoms with Gasteiger partial charge < -0.3 is 0 Å². The van der Waals surface area contributed by atoms with Gasteiger partial charge in [-0.1, -0.05) is 195 Å². The molecule has 5 heteroatoms. The molecule has 65 heavy (non-hydrogen) atoms. The van der Waals surface area contributed by atoms with Crippen molar-refractivity contribution in [1.82, 2.24) is 0 Å². The van der Waals surface area contributed by atoms with E-state index in [1.54, 1.807) is 18.3 Å². The maximum absolute atomic E-state index is 14.7. The summed E-state index contributed by atoms with van der Waals surface area (Å²) < 4.78 is 44.2. The van der Waals surface area contributed by atoms with Crippen LogP contribution in [0.5, 0.6) is 0 Å². The number of fused-ring (bicyclic) bond motifs is 20. The van der Waals surface area contributed by atoms with Gasteiger partial charge in [-0.15, -0.1) is 0 Å². The highest BCUT2D eigenvalue weighted by Crippen LogP contribution is 2.66. The smallest absolute Gasteiger partial charge is 0.166 e. The van der Waals surface area contributed by atoms with Gasteiger partial charge in [0.2, 0.25) is 0 Å². The van der Waals surface area contributed by atoms with Crippen molar-refractivity contribution in [1.29, 1.82) is 0 Å². The lowest BCUT2D eigenvalue weighted by atomic mass is 9.70. The lowest BCUT2D eigenvalue weighted by Gasteiger charge is -2.31. The third-order valence-corrected chi connectivity index (χ3v) is 18.6. The molecule has 0 radical (unpaired) electrons. The monoisotopic (exact) mass is 882 g/mol. The first kappa shape index (κ1) is 40.1. The normalized spacial score (nSPS) is 14.9. The van der Waals surface area contributed by atoms with Gasteiger partial charge in [-0.3, -0.25) is 0 Å². The van der Waals surface area contributed by atoms with Gasteiger partial charge in [0, 0.05) is 12.0 Å². The summed E-state index contributed by atoms with van der Waals surface area (Å²) in [5, 5.41) is 1.71. The van der Waals surface area contributed by atoms with Crippen molar-refractivity contribution in [3.05, 3.63) is 256 Å². The molecular formula is C60H42F3PS. The molecule has 314 valence electrons. The first-order valence-electron chi connectivity index (χ1n) is 22.3. The van der Waals surface area contributed by atoms with Crippen LogP contribution >= 0.6 is 18.5 Å². The molecule has 2 spiro atoms. The Balaban J connectivity index is 0.00000219. The van der Waals surface area contributed by atoms with Gasteiger partial charge in [0.25, 0.3) is 0 Å². The van der Waals surface area contributed by atoms with E-state index in [-0.39, 0.29) is 0 Å². The Bertz CT molecular complexity index is 3290. The molecule has 0 aliphatic heterocycles. The zero-order valence-corrected chi connectivity index (χ0v) is 37.8. The maximum atomic E-state index is 14.7. The van der Waals surface area contributed by atoms with Gasteiger partial charge in [-0.25, -0.2) is 0 Å². The third-order valence-electron chi connectivity index (χ3n) is 14.0. The Morgan fingerprint density at radius 3 is 1.12 bits per heavy atom. The standard InChI is InChI=1S/C58H36F3PS.C2H6/c1-35-30-36(58(59,60)61)32-38(31-35)62(37-26-28-46-44-18-6-12-24-52(44)56(54(46)33-37)48-20-8-2-14-40(48)41-15-3-9-21-49(41)56)63-39-27-29-47-45-19-7-13-25-53(45)57(55(47)34-39)50-22-10-4-16-42(50)43-17-5-11-23-51(43)57;1-2/h2-34H,1H3;1-2H3. The van der Waals surface area contributed by atoms with Crippen LogP contribution in [-0.4, -0.2) is 0 Å². The molecule has 0 amide bonds. The summed E-state index contributed by atoms with van der Waals surface area (Å²) in [5.74, 6) is 0. The van der Waals surface area contributed by atoms with E-state index in [0.29, 0.717) is 10.9 Å². The van der Waals surface area contributed by atoms with E-state index in [0.717, 1.165) is 15.8 Å². The highest BCUT2D eigenvalue weighted by Gasteiger charge is 2.53. The summed E-state index contributed by atoms with van der Waals surface area (Å²) >= 11 is 1.70. The van der Waals surface area contributed by atoms with E-state index in [4.69, 9.17) is 0 Å². The van der Waals surface area contributed by atoms with Crippen LogP contribution in [0.25, 0.3) is 44.5 Å². The van der Waals surface area contributed by atoms with Crippen LogP contribution in [0.1, 0.15) is 69.5 Å². The lowest BCUT2D eigenvalue weighted by Crippen LogP contribution is -2.27. The maximum Gasteiger partial charge on any atom is 0.416 e. The number of rotatable bonds is 4. The first-order chi connectivity index (χ1) is 31.8. The van der Waals surface area contributed by atoms with Crippen LogP contribution in [0, 0.1) is 6.92 Å². The fourth-order valence-electron chi connectivity index (χ4n) is 11.7. The third kappa shape index (κ3) is 5.51. The molecule has 13 rings (SSSR count). The zero-order chi connectivity index (χ0) is 44.2. The molecule has 9 aromatic rings. The summed E-state index contributed by atoms with van der Waals surface area (Å²) in [4.78, 5) is 1.03. The predicted molar refractivity (Wildman–Crippen MR) is 265 cm³/mol. The van der Waals surface area contributed by atoms with Crippen molar-refractivity contribution in [2.24, 2.45) is 0 Å². The van der Waals surface area contributed by atoms with Crippen LogP contribution in [-0.2, 0) is 17.0 Å². The highest BCUT2D eigenvalue weighted by molar-refractivity contribution is 8.60. The number of hydrogen-bond acceptors (Lipinski definition) is 1. The Hall–Kier alpha value is -6.45. The number of benzene rings is 9. The minimum atomic E-state index is -4.48. The molecule has 0 fully saturated rings. The van der Waals surface area contributed by atoms with Crippen LogP contribution < -0.4 is 10.6 Å². The van der Waals surface area contributed by atoms with Gasteiger partial charge in [0.05, 0.1) is 16.4 Å². The van der Waals surface area contributed by atoms with Crippen LogP contribution in [0.4, 0.5) is 13.2 Å². The molecule has 0 heterocycles. The van der Waals surface area contributed by atoms with Crippen LogP contribution in [0.2, 0.25) is 0 Å². The van der Waals surface area contributed by atoms with E-state index in [1.807, 2.05) is 19.9 Å². The molecule has 4 aliphatic carbocycles. The second-order valence-electron chi connectivity index (χ2n) is 17.2. The van der Waals surface area contributed by atoms with Gasteiger partial charge in [0.1, 0.15) is 0 Å². The van der Waals surface area contributed by atoms with Gasteiger partial charge in [-0.05, 0) is 142 Å². The summed E-state index contributed by atoms with van der Waals surface area (Å²) in [6.45, 7) is 5.78. The number of alkyl halides is 3. The number of hydrogen-bond donors (Lipinski definition) is 0. The predicted octanol–water partition coefficient (Wildman–Crippen LogP) is 15.9.